The molecule has 0 N–H and O–H groups in total. The van der Waals surface area contributed by atoms with Crippen molar-refractivity contribution < 1.29 is 9.53 Å². The molecule has 2 aliphatic rings. The number of aryl methyl sites for hydroxylation is 1. The van der Waals surface area contributed by atoms with Crippen LogP contribution in [0.3, 0.4) is 0 Å². The van der Waals surface area contributed by atoms with E-state index in [9.17, 15) is 4.79 Å². The van der Waals surface area contributed by atoms with Crippen LogP contribution in [0.5, 0.6) is 0 Å². The number of benzene rings is 1. The van der Waals surface area contributed by atoms with Crippen LogP contribution in [-0.2, 0) is 11.2 Å². The number of carbonyl (C=O) groups excluding carboxylic acids is 1. The predicted molar refractivity (Wildman–Crippen MR) is 80.5 cm³/mol. The molecule has 1 aromatic rings. The summed E-state index contributed by atoms with van der Waals surface area (Å²) in [6.07, 6.45) is 4.65. The SMILES string of the molecule is CC(=O)c1ccc2c(c1)CCCN2CC1CCOCC1. The van der Waals surface area contributed by atoms with Gasteiger partial charge in [-0.25, -0.2) is 0 Å². The maximum Gasteiger partial charge on any atom is 0.159 e. The Morgan fingerprint density at radius 2 is 2.15 bits per heavy atom. The first-order valence-electron chi connectivity index (χ1n) is 7.70. The summed E-state index contributed by atoms with van der Waals surface area (Å²) in [6.45, 7) is 5.74. The van der Waals surface area contributed by atoms with Crippen LogP contribution >= 0.6 is 0 Å². The molecule has 1 fully saturated rings. The van der Waals surface area contributed by atoms with Crippen molar-refractivity contribution in [3.63, 3.8) is 0 Å². The van der Waals surface area contributed by atoms with Crippen molar-refractivity contribution in [2.75, 3.05) is 31.2 Å². The summed E-state index contributed by atoms with van der Waals surface area (Å²) in [5.74, 6) is 0.913. The highest BCUT2D eigenvalue weighted by molar-refractivity contribution is 5.94. The molecule has 0 bridgehead atoms. The van der Waals surface area contributed by atoms with Crippen molar-refractivity contribution in [1.82, 2.24) is 0 Å². The molecule has 3 rings (SSSR count). The average Bonchev–Trinajstić information content (AvgIpc) is 2.48. The lowest BCUT2D eigenvalue weighted by Gasteiger charge is -2.35. The minimum atomic E-state index is 0.161. The van der Waals surface area contributed by atoms with E-state index in [4.69, 9.17) is 4.74 Å². The van der Waals surface area contributed by atoms with Gasteiger partial charge < -0.3 is 9.64 Å². The standard InChI is InChI=1S/C17H23NO2/c1-13(19)15-4-5-17-16(11-15)3-2-8-18(17)12-14-6-9-20-10-7-14/h4-5,11,14H,2-3,6-10,12H2,1H3. The fraction of sp³-hybridized carbons (Fsp3) is 0.588. The van der Waals surface area contributed by atoms with E-state index < -0.39 is 0 Å². The minimum absolute atomic E-state index is 0.161. The van der Waals surface area contributed by atoms with Crippen LogP contribution in [0.15, 0.2) is 18.2 Å². The van der Waals surface area contributed by atoms with Crippen LogP contribution in [0.25, 0.3) is 0 Å². The summed E-state index contributed by atoms with van der Waals surface area (Å²) in [4.78, 5) is 14.0. The number of fused-ring (bicyclic) bond motifs is 1. The smallest absolute Gasteiger partial charge is 0.159 e. The van der Waals surface area contributed by atoms with E-state index >= 15 is 0 Å². The Morgan fingerprint density at radius 1 is 1.35 bits per heavy atom. The second-order valence-electron chi connectivity index (χ2n) is 6.00. The average molecular weight is 273 g/mol. The molecule has 2 heterocycles. The Kier molecular flexibility index (Phi) is 4.06. The Balaban J connectivity index is 1.77. The van der Waals surface area contributed by atoms with Gasteiger partial charge in [0.15, 0.2) is 5.78 Å². The molecular formula is C17H23NO2. The fourth-order valence-corrected chi connectivity index (χ4v) is 3.32. The Labute approximate surface area is 120 Å². The zero-order chi connectivity index (χ0) is 13.9. The number of ketones is 1. The lowest BCUT2D eigenvalue weighted by atomic mass is 9.94. The molecule has 1 saturated heterocycles. The fourth-order valence-electron chi connectivity index (χ4n) is 3.32. The summed E-state index contributed by atoms with van der Waals surface area (Å²) in [5.41, 5.74) is 3.53. The predicted octanol–water partition coefficient (Wildman–Crippen LogP) is 3.07. The molecule has 0 amide bonds. The van der Waals surface area contributed by atoms with Crippen LogP contribution in [0, 0.1) is 5.92 Å². The summed E-state index contributed by atoms with van der Waals surface area (Å²) in [7, 11) is 0. The van der Waals surface area contributed by atoms with Gasteiger partial charge in [0.1, 0.15) is 0 Å². The maximum atomic E-state index is 11.5. The number of Topliss-reactive ketones (excluding diaryl/α,β-unsaturated/α-hetero) is 1. The molecule has 0 aliphatic carbocycles. The van der Waals surface area contributed by atoms with E-state index in [2.05, 4.69) is 17.0 Å². The Bertz CT molecular complexity index is 492. The molecule has 0 unspecified atom stereocenters. The van der Waals surface area contributed by atoms with Crippen molar-refractivity contribution >= 4 is 11.5 Å². The topological polar surface area (TPSA) is 29.5 Å². The third-order valence-electron chi connectivity index (χ3n) is 4.52. The molecule has 1 aromatic carbocycles. The van der Waals surface area contributed by atoms with Crippen LogP contribution in [0.1, 0.15) is 42.1 Å². The Hall–Kier alpha value is -1.35. The highest BCUT2D eigenvalue weighted by Crippen LogP contribution is 2.30. The molecule has 3 nitrogen and oxygen atoms in total. The number of ether oxygens (including phenoxy) is 1. The number of hydrogen-bond acceptors (Lipinski definition) is 3. The van der Waals surface area contributed by atoms with Crippen molar-refractivity contribution in [3.8, 4) is 0 Å². The highest BCUT2D eigenvalue weighted by Gasteiger charge is 2.22. The highest BCUT2D eigenvalue weighted by atomic mass is 16.5. The normalized spacial score (nSPS) is 19.8. The zero-order valence-corrected chi connectivity index (χ0v) is 12.2. The first-order valence-corrected chi connectivity index (χ1v) is 7.70. The second kappa shape index (κ2) is 5.96. The summed E-state index contributed by atoms with van der Waals surface area (Å²) >= 11 is 0. The lowest BCUT2D eigenvalue weighted by molar-refractivity contribution is 0.0681. The van der Waals surface area contributed by atoms with Gasteiger partial charge in [0.05, 0.1) is 0 Å². The van der Waals surface area contributed by atoms with Gasteiger partial charge in [-0.2, -0.15) is 0 Å². The van der Waals surface area contributed by atoms with Gasteiger partial charge in [0.25, 0.3) is 0 Å². The van der Waals surface area contributed by atoms with Gasteiger partial charge in [-0.15, -0.1) is 0 Å². The first kappa shape index (κ1) is 13.6. The molecule has 3 heteroatoms. The molecule has 0 aromatic heterocycles. The number of nitrogens with zero attached hydrogens (tertiary/aromatic N) is 1. The number of carbonyl (C=O) groups is 1. The first-order chi connectivity index (χ1) is 9.74. The van der Waals surface area contributed by atoms with Gasteiger partial charge in [-0.1, -0.05) is 0 Å². The van der Waals surface area contributed by atoms with Gasteiger partial charge >= 0.3 is 0 Å². The van der Waals surface area contributed by atoms with Gasteiger partial charge in [0.2, 0.25) is 0 Å². The molecule has 108 valence electrons. The number of rotatable bonds is 3. The van der Waals surface area contributed by atoms with E-state index in [-0.39, 0.29) is 5.78 Å². The largest absolute Gasteiger partial charge is 0.381 e. The van der Waals surface area contributed by atoms with Gasteiger partial charge in [-0.3, -0.25) is 4.79 Å². The van der Waals surface area contributed by atoms with Crippen LogP contribution in [0.2, 0.25) is 0 Å². The number of hydrogen-bond donors (Lipinski definition) is 0. The van der Waals surface area contributed by atoms with Crippen molar-refractivity contribution in [2.24, 2.45) is 5.92 Å². The van der Waals surface area contributed by atoms with Crippen LogP contribution in [0.4, 0.5) is 5.69 Å². The minimum Gasteiger partial charge on any atom is -0.381 e. The molecule has 20 heavy (non-hydrogen) atoms. The van der Waals surface area contributed by atoms with E-state index in [1.165, 1.54) is 30.5 Å². The zero-order valence-electron chi connectivity index (χ0n) is 12.2. The molecule has 0 radical (unpaired) electrons. The molecule has 2 aliphatic heterocycles. The number of anilines is 1. The lowest BCUT2D eigenvalue weighted by Crippen LogP contribution is -2.36. The monoisotopic (exact) mass is 273 g/mol. The van der Waals surface area contributed by atoms with Gasteiger partial charge in [0, 0.05) is 37.6 Å². The van der Waals surface area contributed by atoms with E-state index in [1.807, 2.05) is 6.07 Å². The van der Waals surface area contributed by atoms with Crippen molar-refractivity contribution in [2.45, 2.75) is 32.6 Å². The molecule has 0 atom stereocenters. The van der Waals surface area contributed by atoms with Crippen LogP contribution in [-0.4, -0.2) is 32.1 Å². The summed E-state index contributed by atoms with van der Waals surface area (Å²) in [5, 5.41) is 0. The quantitative estimate of drug-likeness (QED) is 0.793. The summed E-state index contributed by atoms with van der Waals surface area (Å²) < 4.78 is 5.44. The molecule has 0 spiro atoms. The van der Waals surface area contributed by atoms with E-state index in [0.29, 0.717) is 0 Å². The summed E-state index contributed by atoms with van der Waals surface area (Å²) in [6, 6.07) is 6.21. The third-order valence-corrected chi connectivity index (χ3v) is 4.52. The third kappa shape index (κ3) is 2.88. The van der Waals surface area contributed by atoms with E-state index in [1.54, 1.807) is 6.92 Å². The second-order valence-corrected chi connectivity index (χ2v) is 6.00. The van der Waals surface area contributed by atoms with E-state index in [0.717, 1.165) is 44.2 Å². The van der Waals surface area contributed by atoms with Crippen molar-refractivity contribution in [3.05, 3.63) is 29.3 Å². The Morgan fingerprint density at radius 3 is 2.90 bits per heavy atom. The molecular weight excluding hydrogens is 250 g/mol. The van der Waals surface area contributed by atoms with Gasteiger partial charge in [-0.05, 0) is 62.3 Å². The van der Waals surface area contributed by atoms with Crippen molar-refractivity contribution in [1.29, 1.82) is 0 Å². The van der Waals surface area contributed by atoms with Crippen LogP contribution < -0.4 is 4.90 Å². The maximum absolute atomic E-state index is 11.5. The molecule has 0 saturated carbocycles.